The van der Waals surface area contributed by atoms with Crippen LogP contribution in [0.5, 0.6) is 0 Å². The molecule has 124 valence electrons. The molecule has 7 nitrogen and oxygen atoms in total. The molecule has 8 heteroatoms. The van der Waals surface area contributed by atoms with Gasteiger partial charge in [0.15, 0.2) is 0 Å². The molecular formula is C15H20N4O3S. The van der Waals surface area contributed by atoms with Crippen LogP contribution in [0, 0.1) is 0 Å². The molecule has 1 aromatic heterocycles. The van der Waals surface area contributed by atoms with Crippen molar-refractivity contribution in [3.05, 3.63) is 47.8 Å². The van der Waals surface area contributed by atoms with Crippen molar-refractivity contribution in [2.75, 3.05) is 13.6 Å². The molecule has 0 aliphatic heterocycles. The lowest BCUT2D eigenvalue weighted by atomic mass is 10.2. The van der Waals surface area contributed by atoms with Crippen LogP contribution in [0.4, 0.5) is 0 Å². The third-order valence-electron chi connectivity index (χ3n) is 3.27. The quantitative estimate of drug-likeness (QED) is 0.852. The molecule has 1 N–H and O–H groups in total. The van der Waals surface area contributed by atoms with Crippen molar-refractivity contribution in [1.82, 2.24) is 19.4 Å². The van der Waals surface area contributed by atoms with Gasteiger partial charge < -0.3 is 4.90 Å². The summed E-state index contributed by atoms with van der Waals surface area (Å²) < 4.78 is 27.8. The zero-order valence-electron chi connectivity index (χ0n) is 13.4. The van der Waals surface area contributed by atoms with Crippen molar-refractivity contribution in [1.29, 1.82) is 0 Å². The molecule has 0 saturated heterocycles. The normalized spacial score (nSPS) is 11.4. The number of benzene rings is 1. The van der Waals surface area contributed by atoms with Crippen LogP contribution in [0.15, 0.2) is 41.6 Å². The number of hydrogen-bond donors (Lipinski definition) is 1. The zero-order chi connectivity index (χ0) is 17.0. The Labute approximate surface area is 136 Å². The monoisotopic (exact) mass is 336 g/mol. The molecule has 1 heterocycles. The van der Waals surface area contributed by atoms with Crippen LogP contribution in [0.3, 0.4) is 0 Å². The molecule has 0 atom stereocenters. The molecule has 2 rings (SSSR count). The lowest BCUT2D eigenvalue weighted by molar-refractivity contribution is 0.0785. The van der Waals surface area contributed by atoms with Crippen molar-refractivity contribution >= 4 is 15.9 Å². The number of aryl methyl sites for hydroxylation is 1. The minimum atomic E-state index is -3.50. The average molecular weight is 336 g/mol. The molecule has 0 unspecified atom stereocenters. The van der Waals surface area contributed by atoms with Gasteiger partial charge in [0, 0.05) is 44.5 Å². The number of carbonyl (C=O) groups is 1. The number of rotatable bonds is 6. The van der Waals surface area contributed by atoms with E-state index in [2.05, 4.69) is 9.82 Å². The number of sulfonamides is 1. The van der Waals surface area contributed by atoms with E-state index in [0.717, 1.165) is 5.56 Å². The molecule has 0 aliphatic carbocycles. The summed E-state index contributed by atoms with van der Waals surface area (Å²) in [7, 11) is 0.00262. The Morgan fingerprint density at radius 2 is 1.96 bits per heavy atom. The van der Waals surface area contributed by atoms with E-state index in [4.69, 9.17) is 0 Å². The zero-order valence-corrected chi connectivity index (χ0v) is 14.2. The van der Waals surface area contributed by atoms with E-state index in [-0.39, 0.29) is 10.8 Å². The van der Waals surface area contributed by atoms with Crippen molar-refractivity contribution in [3.63, 3.8) is 0 Å². The van der Waals surface area contributed by atoms with E-state index in [9.17, 15) is 13.2 Å². The van der Waals surface area contributed by atoms with E-state index in [1.165, 1.54) is 24.3 Å². The summed E-state index contributed by atoms with van der Waals surface area (Å²) in [5.41, 5.74) is 1.36. The van der Waals surface area contributed by atoms with Gasteiger partial charge in [0.1, 0.15) is 0 Å². The van der Waals surface area contributed by atoms with Gasteiger partial charge in [-0.25, -0.2) is 13.1 Å². The van der Waals surface area contributed by atoms with E-state index < -0.39 is 10.0 Å². The molecular weight excluding hydrogens is 316 g/mol. The van der Waals surface area contributed by atoms with Crippen LogP contribution in [0.1, 0.15) is 22.8 Å². The van der Waals surface area contributed by atoms with Crippen LogP contribution in [0.25, 0.3) is 0 Å². The van der Waals surface area contributed by atoms with Crippen LogP contribution < -0.4 is 4.72 Å². The highest BCUT2D eigenvalue weighted by Gasteiger charge is 2.16. The van der Waals surface area contributed by atoms with Gasteiger partial charge in [-0.05, 0) is 24.3 Å². The molecule has 0 spiro atoms. The SMILES string of the molecule is CCNS(=O)(=O)c1ccc(C(=O)N(C)Cc2cnn(C)c2)cc1. The van der Waals surface area contributed by atoms with Crippen LogP contribution >= 0.6 is 0 Å². The molecule has 0 fully saturated rings. The van der Waals surface area contributed by atoms with E-state index in [0.29, 0.717) is 18.7 Å². The number of nitrogens with one attached hydrogen (secondary N) is 1. The summed E-state index contributed by atoms with van der Waals surface area (Å²) in [5, 5.41) is 4.06. The maximum atomic E-state index is 12.4. The molecule has 2 aromatic rings. The number of hydrogen-bond acceptors (Lipinski definition) is 4. The second-order valence-corrected chi connectivity index (χ2v) is 6.98. The molecule has 1 aromatic carbocycles. The highest BCUT2D eigenvalue weighted by molar-refractivity contribution is 7.89. The molecule has 0 radical (unpaired) electrons. The van der Waals surface area contributed by atoms with Crippen LogP contribution in [-0.4, -0.2) is 42.6 Å². The smallest absolute Gasteiger partial charge is 0.253 e. The van der Waals surface area contributed by atoms with E-state index in [1.807, 2.05) is 13.2 Å². The van der Waals surface area contributed by atoms with Crippen molar-refractivity contribution in [2.24, 2.45) is 7.05 Å². The standard InChI is InChI=1S/C15H20N4O3S/c1-4-17-23(21,22)14-7-5-13(6-8-14)15(20)18(2)10-12-9-16-19(3)11-12/h5-9,11,17H,4,10H2,1-3H3. The molecule has 0 saturated carbocycles. The minimum absolute atomic E-state index is 0.144. The Morgan fingerprint density at radius 1 is 1.30 bits per heavy atom. The summed E-state index contributed by atoms with van der Waals surface area (Å²) >= 11 is 0. The van der Waals surface area contributed by atoms with Gasteiger partial charge >= 0.3 is 0 Å². The van der Waals surface area contributed by atoms with Crippen LogP contribution in [0.2, 0.25) is 0 Å². The van der Waals surface area contributed by atoms with Gasteiger partial charge in [0.2, 0.25) is 10.0 Å². The fraction of sp³-hybridized carbons (Fsp3) is 0.333. The highest BCUT2D eigenvalue weighted by Crippen LogP contribution is 2.13. The Bertz CT molecular complexity index is 781. The fourth-order valence-corrected chi connectivity index (χ4v) is 3.21. The summed E-state index contributed by atoms with van der Waals surface area (Å²) in [6.45, 7) is 2.46. The third-order valence-corrected chi connectivity index (χ3v) is 4.83. The third kappa shape index (κ3) is 4.17. The first-order chi connectivity index (χ1) is 10.8. The van der Waals surface area contributed by atoms with Crippen molar-refractivity contribution < 1.29 is 13.2 Å². The van der Waals surface area contributed by atoms with Crippen molar-refractivity contribution in [3.8, 4) is 0 Å². The van der Waals surface area contributed by atoms with E-state index >= 15 is 0 Å². The molecule has 1 amide bonds. The first kappa shape index (κ1) is 17.2. The minimum Gasteiger partial charge on any atom is -0.337 e. The average Bonchev–Trinajstić information content (AvgIpc) is 2.91. The fourth-order valence-electron chi connectivity index (χ4n) is 2.17. The van der Waals surface area contributed by atoms with Crippen LogP contribution in [-0.2, 0) is 23.6 Å². The lowest BCUT2D eigenvalue weighted by Crippen LogP contribution is -2.26. The first-order valence-electron chi connectivity index (χ1n) is 7.16. The molecule has 0 aliphatic rings. The van der Waals surface area contributed by atoms with Gasteiger partial charge in [-0.1, -0.05) is 6.92 Å². The summed E-state index contributed by atoms with van der Waals surface area (Å²) in [5.74, 6) is -0.179. The Balaban J connectivity index is 2.10. The number of aromatic nitrogens is 2. The second-order valence-electron chi connectivity index (χ2n) is 5.21. The summed E-state index contributed by atoms with van der Waals surface area (Å²) in [4.78, 5) is 14.1. The largest absolute Gasteiger partial charge is 0.337 e. The van der Waals surface area contributed by atoms with Gasteiger partial charge in [0.05, 0.1) is 11.1 Å². The molecule has 23 heavy (non-hydrogen) atoms. The van der Waals surface area contributed by atoms with Gasteiger partial charge in [-0.2, -0.15) is 5.10 Å². The summed E-state index contributed by atoms with van der Waals surface area (Å²) in [6, 6.07) is 5.91. The first-order valence-corrected chi connectivity index (χ1v) is 8.64. The highest BCUT2D eigenvalue weighted by atomic mass is 32.2. The Morgan fingerprint density at radius 3 is 2.48 bits per heavy atom. The summed E-state index contributed by atoms with van der Waals surface area (Å²) in [6.07, 6.45) is 3.55. The topological polar surface area (TPSA) is 84.3 Å². The number of nitrogens with zero attached hydrogens (tertiary/aromatic N) is 3. The Kier molecular flexibility index (Phi) is 5.17. The molecule has 0 bridgehead atoms. The number of amides is 1. The number of carbonyl (C=O) groups excluding carboxylic acids is 1. The van der Waals surface area contributed by atoms with Gasteiger partial charge in [0.25, 0.3) is 5.91 Å². The predicted molar refractivity (Wildman–Crippen MR) is 86.3 cm³/mol. The van der Waals surface area contributed by atoms with E-state index in [1.54, 1.807) is 29.7 Å². The maximum Gasteiger partial charge on any atom is 0.253 e. The maximum absolute atomic E-state index is 12.4. The van der Waals surface area contributed by atoms with Gasteiger partial charge in [-0.3, -0.25) is 9.48 Å². The second kappa shape index (κ2) is 6.93. The predicted octanol–water partition coefficient (Wildman–Crippen LogP) is 0.990. The lowest BCUT2D eigenvalue weighted by Gasteiger charge is -2.16. The van der Waals surface area contributed by atoms with Gasteiger partial charge in [-0.15, -0.1) is 0 Å². The Hall–Kier alpha value is -2.19. The van der Waals surface area contributed by atoms with Crippen molar-refractivity contribution in [2.45, 2.75) is 18.4 Å².